The summed E-state index contributed by atoms with van der Waals surface area (Å²) in [5, 5.41) is 0. The Morgan fingerprint density at radius 2 is 1.70 bits per heavy atom. The summed E-state index contributed by atoms with van der Waals surface area (Å²) in [6.07, 6.45) is 0.764. The molecule has 0 bridgehead atoms. The summed E-state index contributed by atoms with van der Waals surface area (Å²) in [4.78, 5) is 27.0. The fourth-order valence-electron chi connectivity index (χ4n) is 2.77. The number of carbonyl (C=O) groups is 2. The van der Waals surface area contributed by atoms with E-state index in [-0.39, 0.29) is 17.7 Å². The van der Waals surface area contributed by atoms with Gasteiger partial charge in [0.2, 0.25) is 0 Å². The lowest BCUT2D eigenvalue weighted by Gasteiger charge is -2.17. The second-order valence-electron chi connectivity index (χ2n) is 5.68. The smallest absolute Gasteiger partial charge is 0.254 e. The van der Waals surface area contributed by atoms with Crippen molar-refractivity contribution < 1.29 is 14.0 Å². The van der Waals surface area contributed by atoms with E-state index >= 15 is 0 Å². The van der Waals surface area contributed by atoms with Crippen LogP contribution in [0.4, 0.5) is 4.39 Å². The van der Waals surface area contributed by atoms with Crippen LogP contribution in [0.15, 0.2) is 48.5 Å². The van der Waals surface area contributed by atoms with Crippen LogP contribution in [0.2, 0.25) is 0 Å². The van der Waals surface area contributed by atoms with Gasteiger partial charge in [0.1, 0.15) is 5.82 Å². The fraction of sp³-hybridized carbons (Fsp3) is 0.222. The highest BCUT2D eigenvalue weighted by molar-refractivity contribution is 6.15. The number of nitrogens with zero attached hydrogens (tertiary/aromatic N) is 1. The van der Waals surface area contributed by atoms with Crippen LogP contribution >= 0.6 is 0 Å². The molecule has 0 spiro atoms. The lowest BCUT2D eigenvalue weighted by atomic mass is 9.97. The summed E-state index contributed by atoms with van der Waals surface area (Å²) in [6, 6.07) is 12.0. The average Bonchev–Trinajstić information content (AvgIpc) is 3.01. The molecule has 1 aliphatic heterocycles. The highest BCUT2D eigenvalue weighted by atomic mass is 19.1. The number of hydrogen-bond acceptors (Lipinski definition) is 3. The minimum Gasteiger partial charge on any atom is -0.337 e. The quantitative estimate of drug-likeness (QED) is 0.884. The maximum atomic E-state index is 13.0. The van der Waals surface area contributed by atoms with Gasteiger partial charge in [-0.25, -0.2) is 4.39 Å². The molecule has 1 heterocycles. The van der Waals surface area contributed by atoms with Gasteiger partial charge in [-0.3, -0.25) is 9.59 Å². The van der Waals surface area contributed by atoms with Crippen LogP contribution in [-0.4, -0.2) is 35.7 Å². The third-order valence-electron chi connectivity index (χ3n) is 4.02. The van der Waals surface area contributed by atoms with Crippen LogP contribution in [0.1, 0.15) is 32.7 Å². The predicted molar refractivity (Wildman–Crippen MR) is 84.8 cm³/mol. The summed E-state index contributed by atoms with van der Waals surface area (Å²) in [6.45, 7) is 1.09. The van der Waals surface area contributed by atoms with Gasteiger partial charge in [0.25, 0.3) is 5.91 Å². The molecule has 1 fully saturated rings. The lowest BCUT2D eigenvalue weighted by molar-refractivity contribution is 0.0786. The van der Waals surface area contributed by atoms with Crippen molar-refractivity contribution in [3.63, 3.8) is 0 Å². The van der Waals surface area contributed by atoms with E-state index < -0.39 is 5.82 Å². The highest BCUT2D eigenvalue weighted by Crippen LogP contribution is 2.19. The third-order valence-corrected chi connectivity index (χ3v) is 4.02. The van der Waals surface area contributed by atoms with Crippen molar-refractivity contribution in [2.75, 3.05) is 13.1 Å². The van der Waals surface area contributed by atoms with Gasteiger partial charge in [0.05, 0.1) is 5.56 Å². The number of benzene rings is 2. The highest BCUT2D eigenvalue weighted by Gasteiger charge is 2.27. The van der Waals surface area contributed by atoms with Crippen molar-refractivity contribution >= 4 is 11.7 Å². The van der Waals surface area contributed by atoms with Crippen LogP contribution in [0, 0.1) is 5.82 Å². The summed E-state index contributed by atoms with van der Waals surface area (Å²) in [7, 11) is 0. The predicted octanol–water partition coefficient (Wildman–Crippen LogP) is 2.23. The summed E-state index contributed by atoms with van der Waals surface area (Å²) in [5.74, 6) is -0.890. The minimum absolute atomic E-state index is 0.0149. The summed E-state index contributed by atoms with van der Waals surface area (Å²) in [5.41, 5.74) is 6.88. The molecule has 2 aromatic carbocycles. The maximum Gasteiger partial charge on any atom is 0.254 e. The number of carbonyl (C=O) groups excluding carboxylic acids is 2. The van der Waals surface area contributed by atoms with E-state index in [1.165, 1.54) is 24.3 Å². The Kier molecular flexibility index (Phi) is 4.21. The van der Waals surface area contributed by atoms with Crippen molar-refractivity contribution in [3.05, 3.63) is 71.0 Å². The molecular weight excluding hydrogens is 295 g/mol. The number of halogens is 1. The number of ketones is 1. The van der Waals surface area contributed by atoms with Crippen molar-refractivity contribution in [2.45, 2.75) is 12.5 Å². The van der Waals surface area contributed by atoms with Gasteiger partial charge < -0.3 is 10.6 Å². The van der Waals surface area contributed by atoms with E-state index in [0.717, 1.165) is 6.42 Å². The summed E-state index contributed by atoms with van der Waals surface area (Å²) >= 11 is 0. The Morgan fingerprint density at radius 1 is 1.04 bits per heavy atom. The zero-order chi connectivity index (χ0) is 16.4. The molecule has 4 nitrogen and oxygen atoms in total. The van der Waals surface area contributed by atoms with Crippen LogP contribution < -0.4 is 5.73 Å². The number of likely N-dealkylation sites (tertiary alicyclic amines) is 1. The number of nitrogens with two attached hydrogens (primary N) is 1. The standard InChI is InChI=1S/C18H17FN2O2/c19-13-7-5-12(6-8-13)17(22)15-3-1-2-4-16(15)18(23)21-10-9-14(20)11-21/h1-8,14H,9-11,20H2/t14-/m1/s1. The SMILES string of the molecule is N[C@@H]1CCN(C(=O)c2ccccc2C(=O)c2ccc(F)cc2)C1. The molecule has 2 aromatic rings. The van der Waals surface area contributed by atoms with E-state index in [4.69, 9.17) is 5.73 Å². The third kappa shape index (κ3) is 3.14. The molecule has 0 aromatic heterocycles. The largest absolute Gasteiger partial charge is 0.337 e. The Bertz CT molecular complexity index is 743. The van der Waals surface area contributed by atoms with Gasteiger partial charge in [-0.2, -0.15) is 0 Å². The van der Waals surface area contributed by atoms with Gasteiger partial charge in [-0.15, -0.1) is 0 Å². The Hall–Kier alpha value is -2.53. The zero-order valence-corrected chi connectivity index (χ0v) is 12.5. The molecule has 0 unspecified atom stereocenters. The molecule has 0 saturated carbocycles. The van der Waals surface area contributed by atoms with E-state index in [1.54, 1.807) is 29.2 Å². The molecule has 5 heteroatoms. The first-order valence-electron chi connectivity index (χ1n) is 7.50. The maximum absolute atomic E-state index is 13.0. The average molecular weight is 312 g/mol. The van der Waals surface area contributed by atoms with Crippen LogP contribution in [0.5, 0.6) is 0 Å². The van der Waals surface area contributed by atoms with Crippen molar-refractivity contribution in [1.29, 1.82) is 0 Å². The van der Waals surface area contributed by atoms with Gasteiger partial charge in [0.15, 0.2) is 5.78 Å². The second kappa shape index (κ2) is 6.30. The number of rotatable bonds is 3. The molecule has 0 aliphatic carbocycles. The monoisotopic (exact) mass is 312 g/mol. The Morgan fingerprint density at radius 3 is 2.30 bits per heavy atom. The lowest BCUT2D eigenvalue weighted by Crippen LogP contribution is -2.32. The number of amides is 1. The first-order valence-corrected chi connectivity index (χ1v) is 7.50. The fourth-order valence-corrected chi connectivity index (χ4v) is 2.77. The molecule has 2 N–H and O–H groups in total. The first-order chi connectivity index (χ1) is 11.1. The van der Waals surface area contributed by atoms with E-state index in [0.29, 0.717) is 29.8 Å². The molecule has 23 heavy (non-hydrogen) atoms. The summed E-state index contributed by atoms with van der Waals surface area (Å²) < 4.78 is 13.0. The van der Waals surface area contributed by atoms with Crippen molar-refractivity contribution in [3.8, 4) is 0 Å². The molecule has 0 radical (unpaired) electrons. The Labute approximate surface area is 133 Å². The van der Waals surface area contributed by atoms with Gasteiger partial charge >= 0.3 is 0 Å². The van der Waals surface area contributed by atoms with Crippen molar-refractivity contribution in [1.82, 2.24) is 4.90 Å². The van der Waals surface area contributed by atoms with Gasteiger partial charge in [-0.1, -0.05) is 18.2 Å². The van der Waals surface area contributed by atoms with Crippen LogP contribution in [0.3, 0.4) is 0 Å². The molecule has 1 atom stereocenters. The van der Waals surface area contributed by atoms with Gasteiger partial charge in [-0.05, 0) is 36.8 Å². The molecule has 1 amide bonds. The van der Waals surface area contributed by atoms with Gasteiger partial charge in [0, 0.05) is 30.3 Å². The minimum atomic E-state index is -0.406. The van der Waals surface area contributed by atoms with Crippen molar-refractivity contribution in [2.24, 2.45) is 5.73 Å². The molecule has 3 rings (SSSR count). The van der Waals surface area contributed by atoms with E-state index in [1.807, 2.05) is 0 Å². The molecule has 1 aliphatic rings. The van der Waals surface area contributed by atoms with E-state index in [9.17, 15) is 14.0 Å². The number of hydrogen-bond donors (Lipinski definition) is 1. The van der Waals surface area contributed by atoms with Crippen LogP contribution in [-0.2, 0) is 0 Å². The molecule has 118 valence electrons. The Balaban J connectivity index is 1.93. The zero-order valence-electron chi connectivity index (χ0n) is 12.5. The molecule has 1 saturated heterocycles. The van der Waals surface area contributed by atoms with E-state index in [2.05, 4.69) is 0 Å². The first kappa shape index (κ1) is 15.4. The topological polar surface area (TPSA) is 63.4 Å². The molecular formula is C18H17FN2O2. The van der Waals surface area contributed by atoms with Crippen LogP contribution in [0.25, 0.3) is 0 Å². The normalized spacial score (nSPS) is 17.3. The second-order valence-corrected chi connectivity index (χ2v) is 5.68.